The van der Waals surface area contributed by atoms with E-state index in [9.17, 15) is 5.11 Å². The van der Waals surface area contributed by atoms with Crippen molar-refractivity contribution in [2.24, 2.45) is 0 Å². The number of piperidine rings is 1. The Bertz CT molecular complexity index is 1340. The van der Waals surface area contributed by atoms with Crippen LogP contribution in [-0.4, -0.2) is 51.8 Å². The summed E-state index contributed by atoms with van der Waals surface area (Å²) in [5, 5.41) is 21.9. The number of ether oxygens (including phenoxy) is 1. The minimum atomic E-state index is -0.445. The number of rotatable bonds is 8. The molecule has 1 aliphatic rings. The molecular formula is C28H32N6O2. The molecule has 2 aromatic heterocycles. The number of aromatic nitrogens is 3. The van der Waals surface area contributed by atoms with E-state index in [-0.39, 0.29) is 0 Å². The van der Waals surface area contributed by atoms with Gasteiger partial charge >= 0.3 is 0 Å². The average Bonchev–Trinajstić information content (AvgIpc) is 2.90. The largest absolute Gasteiger partial charge is 0.437 e. The van der Waals surface area contributed by atoms with Gasteiger partial charge in [0.25, 0.3) is 0 Å². The first-order chi connectivity index (χ1) is 17.6. The second-order valence-corrected chi connectivity index (χ2v) is 9.25. The Labute approximate surface area is 211 Å². The molecule has 3 heterocycles. The van der Waals surface area contributed by atoms with E-state index in [0.717, 1.165) is 65.0 Å². The molecule has 4 N–H and O–H groups in total. The summed E-state index contributed by atoms with van der Waals surface area (Å²) >= 11 is 0. The predicted molar refractivity (Wildman–Crippen MR) is 144 cm³/mol. The number of aliphatic hydroxyl groups is 1. The molecule has 0 aliphatic carbocycles. The van der Waals surface area contributed by atoms with Crippen LogP contribution < -0.4 is 20.7 Å². The Morgan fingerprint density at radius 3 is 2.83 bits per heavy atom. The Hall–Kier alpha value is -3.75. The molecule has 0 bridgehead atoms. The van der Waals surface area contributed by atoms with Crippen molar-refractivity contribution in [2.75, 3.05) is 30.3 Å². The molecule has 0 amide bonds. The fourth-order valence-corrected chi connectivity index (χ4v) is 4.49. The van der Waals surface area contributed by atoms with Gasteiger partial charge in [0.1, 0.15) is 5.75 Å². The third kappa shape index (κ3) is 5.40. The molecule has 0 spiro atoms. The van der Waals surface area contributed by atoms with Gasteiger partial charge in [-0.3, -0.25) is 0 Å². The van der Waals surface area contributed by atoms with Gasteiger partial charge in [0.15, 0.2) is 0 Å². The van der Waals surface area contributed by atoms with E-state index in [2.05, 4.69) is 32.0 Å². The predicted octanol–water partition coefficient (Wildman–Crippen LogP) is 4.75. The molecule has 0 saturated carbocycles. The first-order valence-electron chi connectivity index (χ1n) is 12.5. The van der Waals surface area contributed by atoms with Crippen molar-refractivity contribution < 1.29 is 9.84 Å². The Kier molecular flexibility index (Phi) is 7.25. The monoisotopic (exact) mass is 484 g/mol. The molecule has 8 heteroatoms. The van der Waals surface area contributed by atoms with Gasteiger partial charge < -0.3 is 25.8 Å². The van der Waals surface area contributed by atoms with E-state index >= 15 is 0 Å². The Balaban J connectivity index is 1.47. The number of nitrogens with one attached hydrogen (secondary N) is 3. The maximum atomic E-state index is 9.72. The zero-order valence-electron chi connectivity index (χ0n) is 20.7. The van der Waals surface area contributed by atoms with Crippen LogP contribution in [0.25, 0.3) is 22.0 Å². The smallest absolute Gasteiger partial charge is 0.228 e. The van der Waals surface area contributed by atoms with Crippen molar-refractivity contribution in [3.63, 3.8) is 0 Å². The fourth-order valence-electron chi connectivity index (χ4n) is 4.49. The van der Waals surface area contributed by atoms with Crippen LogP contribution in [0.3, 0.4) is 0 Å². The van der Waals surface area contributed by atoms with Crippen molar-refractivity contribution in [1.82, 2.24) is 20.3 Å². The van der Waals surface area contributed by atoms with Crippen LogP contribution in [0.15, 0.2) is 60.9 Å². The molecule has 4 aromatic rings. The average molecular weight is 485 g/mol. The van der Waals surface area contributed by atoms with E-state index in [1.807, 2.05) is 49.4 Å². The van der Waals surface area contributed by atoms with Crippen LogP contribution in [0.1, 0.15) is 25.3 Å². The Morgan fingerprint density at radius 1 is 1.08 bits per heavy atom. The third-order valence-electron chi connectivity index (χ3n) is 6.33. The molecular weight excluding hydrogens is 452 g/mol. The summed E-state index contributed by atoms with van der Waals surface area (Å²) < 4.78 is 6.50. The first-order valence-corrected chi connectivity index (χ1v) is 12.5. The Morgan fingerprint density at radius 2 is 2.00 bits per heavy atom. The molecule has 2 unspecified atom stereocenters. The molecule has 8 nitrogen and oxygen atoms in total. The van der Waals surface area contributed by atoms with Crippen LogP contribution in [0, 0.1) is 6.92 Å². The molecule has 1 aliphatic heterocycles. The van der Waals surface area contributed by atoms with Crippen molar-refractivity contribution in [2.45, 2.75) is 38.8 Å². The highest BCUT2D eigenvalue weighted by Crippen LogP contribution is 2.38. The lowest BCUT2D eigenvalue weighted by atomic mass is 10.0. The third-order valence-corrected chi connectivity index (χ3v) is 6.33. The second-order valence-electron chi connectivity index (χ2n) is 9.25. The topological polar surface area (TPSA) is 104 Å². The summed E-state index contributed by atoms with van der Waals surface area (Å²) in [6, 6.07) is 16.2. The van der Waals surface area contributed by atoms with E-state index in [1.165, 1.54) is 0 Å². The number of aryl methyl sites for hydroxylation is 1. The number of benzene rings is 2. The molecule has 186 valence electrons. The minimum Gasteiger partial charge on any atom is -0.437 e. The lowest BCUT2D eigenvalue weighted by Crippen LogP contribution is -2.38. The molecule has 1 fully saturated rings. The highest BCUT2D eigenvalue weighted by molar-refractivity contribution is 5.98. The second kappa shape index (κ2) is 10.9. The number of nitrogens with zero attached hydrogens (tertiary/aromatic N) is 3. The summed E-state index contributed by atoms with van der Waals surface area (Å²) in [5.41, 5.74) is 3.49. The van der Waals surface area contributed by atoms with Crippen molar-refractivity contribution in [3.05, 3.63) is 66.5 Å². The number of hydrogen-bond donors (Lipinski definition) is 4. The van der Waals surface area contributed by atoms with E-state index in [1.54, 1.807) is 19.3 Å². The van der Waals surface area contributed by atoms with Crippen molar-refractivity contribution in [1.29, 1.82) is 0 Å². The number of aliphatic hydroxyl groups excluding tert-OH is 1. The van der Waals surface area contributed by atoms with Gasteiger partial charge in [-0.05, 0) is 63.1 Å². The van der Waals surface area contributed by atoms with Gasteiger partial charge in [0, 0.05) is 48.0 Å². The molecule has 5 rings (SSSR count). The zero-order valence-corrected chi connectivity index (χ0v) is 20.7. The van der Waals surface area contributed by atoms with Crippen molar-refractivity contribution >= 4 is 22.4 Å². The number of anilines is 2. The first kappa shape index (κ1) is 24.0. The van der Waals surface area contributed by atoms with Gasteiger partial charge in [0.2, 0.25) is 11.8 Å². The molecule has 0 radical (unpaired) electrons. The van der Waals surface area contributed by atoms with Crippen LogP contribution in [0.4, 0.5) is 11.6 Å². The number of fused-ring (bicyclic) bond motifs is 1. The summed E-state index contributed by atoms with van der Waals surface area (Å²) in [7, 11) is 0. The van der Waals surface area contributed by atoms with Crippen LogP contribution in [-0.2, 0) is 0 Å². The quantitative estimate of drug-likeness (QED) is 0.284. The lowest BCUT2D eigenvalue weighted by Gasteiger charge is -2.23. The summed E-state index contributed by atoms with van der Waals surface area (Å²) in [5.74, 6) is 1.83. The maximum Gasteiger partial charge on any atom is 0.228 e. The van der Waals surface area contributed by atoms with Crippen LogP contribution in [0.5, 0.6) is 11.6 Å². The normalized spacial score (nSPS) is 16.5. The lowest BCUT2D eigenvalue weighted by molar-refractivity contribution is 0.208. The van der Waals surface area contributed by atoms with E-state index in [0.29, 0.717) is 24.4 Å². The molecule has 1 saturated heterocycles. The minimum absolute atomic E-state index is 0.313. The van der Waals surface area contributed by atoms with Gasteiger partial charge in [-0.2, -0.15) is 0 Å². The molecule has 2 atom stereocenters. The highest BCUT2D eigenvalue weighted by atomic mass is 16.5. The maximum absolute atomic E-state index is 9.72. The summed E-state index contributed by atoms with van der Waals surface area (Å²) in [4.78, 5) is 13.8. The molecule has 36 heavy (non-hydrogen) atoms. The van der Waals surface area contributed by atoms with E-state index < -0.39 is 6.10 Å². The summed E-state index contributed by atoms with van der Waals surface area (Å²) in [6.07, 6.45) is 5.28. The SMILES string of the molecule is Cc1ccc2c(NCC(C)O)cccc2c1Oc1ncccc1-c1ccnc(NC2CCCNC2)n1. The zero-order chi connectivity index (χ0) is 24.9. The van der Waals surface area contributed by atoms with Crippen LogP contribution >= 0.6 is 0 Å². The highest BCUT2D eigenvalue weighted by Gasteiger charge is 2.17. The standard InChI is InChI=1S/C28H32N6O2/c1-18-10-11-21-22(7-3-9-24(21)32-16-19(2)35)26(18)36-27-23(8-5-14-30-27)25-12-15-31-28(34-25)33-20-6-4-13-29-17-20/h3,5,7-12,14-15,19-20,29,32,35H,4,6,13,16-17H2,1-2H3,(H,31,33,34). The fraction of sp³-hybridized carbons (Fsp3) is 0.321. The van der Waals surface area contributed by atoms with Crippen molar-refractivity contribution in [3.8, 4) is 22.9 Å². The van der Waals surface area contributed by atoms with Gasteiger partial charge in [-0.15, -0.1) is 0 Å². The summed E-state index contributed by atoms with van der Waals surface area (Å²) in [6.45, 7) is 6.22. The molecule has 2 aromatic carbocycles. The van der Waals surface area contributed by atoms with E-state index in [4.69, 9.17) is 9.72 Å². The van der Waals surface area contributed by atoms with Crippen LogP contribution in [0.2, 0.25) is 0 Å². The van der Waals surface area contributed by atoms with Gasteiger partial charge in [0.05, 0.1) is 17.4 Å². The number of pyridine rings is 1. The van der Waals surface area contributed by atoms with Gasteiger partial charge in [-0.25, -0.2) is 15.0 Å². The number of hydrogen-bond acceptors (Lipinski definition) is 8. The van der Waals surface area contributed by atoms with Gasteiger partial charge in [-0.1, -0.05) is 24.3 Å².